The van der Waals surface area contributed by atoms with Crippen molar-refractivity contribution in [3.63, 3.8) is 0 Å². The summed E-state index contributed by atoms with van der Waals surface area (Å²) >= 11 is 0. The van der Waals surface area contributed by atoms with Crippen molar-refractivity contribution in [2.24, 2.45) is 0 Å². The van der Waals surface area contributed by atoms with Crippen molar-refractivity contribution in [1.29, 1.82) is 0 Å². The van der Waals surface area contributed by atoms with Gasteiger partial charge >= 0.3 is 0 Å². The normalized spacial score (nSPS) is 10.9. The fourth-order valence-electron chi connectivity index (χ4n) is 6.57. The van der Waals surface area contributed by atoms with Crippen molar-refractivity contribution in [3.05, 3.63) is 212 Å². The molecule has 0 N–H and O–H groups in total. The van der Waals surface area contributed by atoms with Crippen LogP contribution in [-0.4, -0.2) is 0 Å². The van der Waals surface area contributed by atoms with Gasteiger partial charge in [-0.05, 0) is 122 Å². The first-order chi connectivity index (χ1) is 24.3. The quantitative estimate of drug-likeness (QED) is 0.162. The molecule has 0 saturated carbocycles. The maximum atomic E-state index is 2.32. The van der Waals surface area contributed by atoms with Gasteiger partial charge in [-0.2, -0.15) is 0 Å². The molecular formula is C48H35N. The fourth-order valence-corrected chi connectivity index (χ4v) is 6.57. The molecule has 8 aromatic carbocycles. The minimum Gasteiger partial charge on any atom is -0.310 e. The summed E-state index contributed by atoms with van der Waals surface area (Å²) in [5, 5.41) is 0. The van der Waals surface area contributed by atoms with Crippen LogP contribution in [-0.2, 0) is 0 Å². The molecule has 0 aliphatic rings. The zero-order valence-corrected chi connectivity index (χ0v) is 27.2. The first kappa shape index (κ1) is 29.9. The van der Waals surface area contributed by atoms with Crippen molar-refractivity contribution in [1.82, 2.24) is 0 Å². The number of anilines is 3. The molecular weight excluding hydrogens is 591 g/mol. The fraction of sp³-hybridized carbons (Fsp3) is 0. The molecule has 232 valence electrons. The molecule has 0 spiro atoms. The summed E-state index contributed by atoms with van der Waals surface area (Å²) in [5.74, 6) is 0. The highest BCUT2D eigenvalue weighted by molar-refractivity contribution is 5.84. The molecule has 0 fully saturated rings. The molecule has 1 heteroatoms. The van der Waals surface area contributed by atoms with Crippen LogP contribution >= 0.6 is 0 Å². The Balaban J connectivity index is 1.16. The highest BCUT2D eigenvalue weighted by Crippen LogP contribution is 2.38. The van der Waals surface area contributed by atoms with Crippen LogP contribution in [0.4, 0.5) is 17.1 Å². The summed E-state index contributed by atoms with van der Waals surface area (Å²) < 4.78 is 0. The number of hydrogen-bond donors (Lipinski definition) is 0. The molecule has 0 amide bonds. The highest BCUT2D eigenvalue weighted by atomic mass is 15.1. The van der Waals surface area contributed by atoms with E-state index in [1.807, 2.05) is 0 Å². The molecule has 0 radical (unpaired) electrons. The van der Waals surface area contributed by atoms with Gasteiger partial charge in [0, 0.05) is 17.1 Å². The zero-order valence-electron chi connectivity index (χ0n) is 27.2. The van der Waals surface area contributed by atoms with Crippen molar-refractivity contribution < 1.29 is 0 Å². The van der Waals surface area contributed by atoms with Crippen molar-refractivity contribution in [2.75, 3.05) is 4.90 Å². The minimum absolute atomic E-state index is 1.12. The van der Waals surface area contributed by atoms with Gasteiger partial charge < -0.3 is 4.90 Å². The van der Waals surface area contributed by atoms with E-state index in [4.69, 9.17) is 0 Å². The number of rotatable bonds is 8. The predicted molar refractivity (Wildman–Crippen MR) is 208 cm³/mol. The Morgan fingerprint density at radius 3 is 0.878 bits per heavy atom. The second-order valence-corrected chi connectivity index (χ2v) is 12.2. The molecule has 8 aromatic rings. The maximum absolute atomic E-state index is 2.32. The van der Waals surface area contributed by atoms with Gasteiger partial charge in [-0.25, -0.2) is 0 Å². The molecule has 8 rings (SSSR count). The van der Waals surface area contributed by atoms with E-state index < -0.39 is 0 Å². The lowest BCUT2D eigenvalue weighted by Crippen LogP contribution is -2.09. The van der Waals surface area contributed by atoms with Crippen LogP contribution in [0.5, 0.6) is 0 Å². The largest absolute Gasteiger partial charge is 0.310 e. The van der Waals surface area contributed by atoms with Gasteiger partial charge in [-0.15, -0.1) is 0 Å². The van der Waals surface area contributed by atoms with Crippen LogP contribution < -0.4 is 4.90 Å². The molecule has 0 aliphatic heterocycles. The number of hydrogen-bond acceptors (Lipinski definition) is 1. The molecule has 0 unspecified atom stereocenters. The van der Waals surface area contributed by atoms with Crippen LogP contribution in [0.1, 0.15) is 0 Å². The Bertz CT molecular complexity index is 2210. The first-order valence-corrected chi connectivity index (χ1v) is 16.8. The SMILES string of the molecule is c1ccc(-c2cc(-c3ccccc3)cc(-c3cccc(-c4cccc(-c5cccc(N(c6ccccc6)c6ccccc6)c5)c4)c3)c2)cc1. The maximum Gasteiger partial charge on any atom is 0.0467 e. The lowest BCUT2D eigenvalue weighted by atomic mass is 9.92. The van der Waals surface area contributed by atoms with Crippen molar-refractivity contribution in [3.8, 4) is 55.6 Å². The molecule has 0 heterocycles. The third kappa shape index (κ3) is 6.56. The average Bonchev–Trinajstić information content (AvgIpc) is 3.19. The van der Waals surface area contributed by atoms with E-state index in [2.05, 4.69) is 217 Å². The van der Waals surface area contributed by atoms with Crippen LogP contribution in [0.2, 0.25) is 0 Å². The Kier molecular flexibility index (Phi) is 8.39. The van der Waals surface area contributed by atoms with E-state index in [1.165, 1.54) is 55.6 Å². The summed E-state index contributed by atoms with van der Waals surface area (Å²) in [5.41, 5.74) is 15.4. The summed E-state index contributed by atoms with van der Waals surface area (Å²) in [6, 6.07) is 76.0. The second kappa shape index (κ2) is 13.7. The Hall–Kier alpha value is -6.44. The molecule has 49 heavy (non-hydrogen) atoms. The zero-order chi connectivity index (χ0) is 32.8. The van der Waals surface area contributed by atoms with Crippen LogP contribution in [0.3, 0.4) is 0 Å². The van der Waals surface area contributed by atoms with Gasteiger partial charge in [-0.3, -0.25) is 0 Å². The van der Waals surface area contributed by atoms with Gasteiger partial charge in [0.15, 0.2) is 0 Å². The first-order valence-electron chi connectivity index (χ1n) is 16.8. The standard InChI is InChI=1S/C48H35N/c1-5-16-36(17-6-1)43-32-44(37-18-7-2-8-19-37)34-45(33-43)41-23-14-21-39(31-41)38-20-13-22-40(30-38)42-24-15-29-48(35-42)49(46-25-9-3-10-26-46)47-27-11-4-12-28-47/h1-35H. The summed E-state index contributed by atoms with van der Waals surface area (Å²) in [6.45, 7) is 0. The summed E-state index contributed by atoms with van der Waals surface area (Å²) in [4.78, 5) is 2.31. The topological polar surface area (TPSA) is 3.24 Å². The van der Waals surface area contributed by atoms with E-state index >= 15 is 0 Å². The second-order valence-electron chi connectivity index (χ2n) is 12.2. The number of nitrogens with zero attached hydrogens (tertiary/aromatic N) is 1. The van der Waals surface area contributed by atoms with Crippen LogP contribution in [0, 0.1) is 0 Å². The summed E-state index contributed by atoms with van der Waals surface area (Å²) in [7, 11) is 0. The lowest BCUT2D eigenvalue weighted by molar-refractivity contribution is 1.28. The average molecular weight is 626 g/mol. The van der Waals surface area contributed by atoms with Gasteiger partial charge in [0.05, 0.1) is 0 Å². The van der Waals surface area contributed by atoms with E-state index in [-0.39, 0.29) is 0 Å². The van der Waals surface area contributed by atoms with Crippen LogP contribution in [0.15, 0.2) is 212 Å². The Labute approximate surface area is 289 Å². The predicted octanol–water partition coefficient (Wildman–Crippen LogP) is 13.5. The molecule has 1 nitrogen and oxygen atoms in total. The van der Waals surface area contributed by atoms with Gasteiger partial charge in [0.25, 0.3) is 0 Å². The monoisotopic (exact) mass is 625 g/mol. The molecule has 0 aromatic heterocycles. The molecule has 0 saturated heterocycles. The van der Waals surface area contributed by atoms with E-state index in [0.29, 0.717) is 0 Å². The minimum atomic E-state index is 1.12. The third-order valence-electron chi connectivity index (χ3n) is 9.01. The third-order valence-corrected chi connectivity index (χ3v) is 9.01. The molecule has 0 aliphatic carbocycles. The van der Waals surface area contributed by atoms with E-state index in [0.717, 1.165) is 17.1 Å². The van der Waals surface area contributed by atoms with Gasteiger partial charge in [0.1, 0.15) is 0 Å². The molecule has 0 bridgehead atoms. The van der Waals surface area contributed by atoms with Crippen molar-refractivity contribution in [2.45, 2.75) is 0 Å². The van der Waals surface area contributed by atoms with Gasteiger partial charge in [0.2, 0.25) is 0 Å². The number of benzene rings is 8. The summed E-state index contributed by atoms with van der Waals surface area (Å²) in [6.07, 6.45) is 0. The Morgan fingerprint density at radius 1 is 0.184 bits per heavy atom. The Morgan fingerprint density at radius 2 is 0.449 bits per heavy atom. The van der Waals surface area contributed by atoms with E-state index in [1.54, 1.807) is 0 Å². The molecule has 0 atom stereocenters. The number of para-hydroxylation sites is 2. The lowest BCUT2D eigenvalue weighted by Gasteiger charge is -2.26. The van der Waals surface area contributed by atoms with Crippen LogP contribution in [0.25, 0.3) is 55.6 Å². The van der Waals surface area contributed by atoms with Gasteiger partial charge in [-0.1, -0.05) is 146 Å². The highest BCUT2D eigenvalue weighted by Gasteiger charge is 2.14. The van der Waals surface area contributed by atoms with Crippen molar-refractivity contribution >= 4 is 17.1 Å². The van der Waals surface area contributed by atoms with E-state index in [9.17, 15) is 0 Å². The smallest absolute Gasteiger partial charge is 0.0467 e.